The highest BCUT2D eigenvalue weighted by atomic mass is 19.1. The molecule has 0 saturated carbocycles. The maximum absolute atomic E-state index is 13.6. The van der Waals surface area contributed by atoms with Crippen LogP contribution in [0.5, 0.6) is 11.5 Å². The Labute approximate surface area is 130 Å². The van der Waals surface area contributed by atoms with Gasteiger partial charge < -0.3 is 14.8 Å². The third-order valence-corrected chi connectivity index (χ3v) is 2.85. The van der Waals surface area contributed by atoms with Gasteiger partial charge in [0.2, 0.25) is 0 Å². The fourth-order valence-electron chi connectivity index (χ4n) is 1.75. The van der Waals surface area contributed by atoms with E-state index >= 15 is 0 Å². The number of methoxy groups -OCH3 is 1. The number of carbonyl (C=O) groups is 1. The van der Waals surface area contributed by atoms with Gasteiger partial charge in [0.15, 0.2) is 6.61 Å². The SMILES string of the molecule is COc1cccc(OCC(=O)Nc2cc([N+](=O)[O-])ccc2F)c1. The number of ether oxygens (including phenoxy) is 2. The summed E-state index contributed by atoms with van der Waals surface area (Å²) in [7, 11) is 1.50. The van der Waals surface area contributed by atoms with Crippen LogP contribution in [-0.2, 0) is 4.79 Å². The van der Waals surface area contributed by atoms with Crippen LogP contribution in [0.1, 0.15) is 0 Å². The van der Waals surface area contributed by atoms with Crippen LogP contribution in [0.4, 0.5) is 15.8 Å². The van der Waals surface area contributed by atoms with Crippen molar-refractivity contribution in [3.63, 3.8) is 0 Å². The second kappa shape index (κ2) is 7.21. The molecule has 0 aromatic heterocycles. The number of hydrogen-bond acceptors (Lipinski definition) is 5. The van der Waals surface area contributed by atoms with Crippen molar-refractivity contribution < 1.29 is 23.6 Å². The van der Waals surface area contributed by atoms with E-state index < -0.39 is 16.6 Å². The van der Waals surface area contributed by atoms with Crippen LogP contribution in [0.2, 0.25) is 0 Å². The molecule has 2 aromatic carbocycles. The van der Waals surface area contributed by atoms with Crippen LogP contribution in [0.15, 0.2) is 42.5 Å². The van der Waals surface area contributed by atoms with Crippen LogP contribution in [0.25, 0.3) is 0 Å². The molecule has 8 heteroatoms. The topological polar surface area (TPSA) is 90.7 Å². The number of carbonyl (C=O) groups excluding carboxylic acids is 1. The highest BCUT2D eigenvalue weighted by molar-refractivity contribution is 5.92. The van der Waals surface area contributed by atoms with Crippen molar-refractivity contribution in [3.8, 4) is 11.5 Å². The molecular formula is C15H13FN2O5. The zero-order valence-electron chi connectivity index (χ0n) is 12.1. The molecule has 0 spiro atoms. The molecule has 0 heterocycles. The number of halogens is 1. The number of nitro groups is 1. The molecule has 0 fully saturated rings. The summed E-state index contributed by atoms with van der Waals surface area (Å²) in [5.74, 6) is -0.454. The molecule has 0 aliphatic heterocycles. The van der Waals surface area contributed by atoms with Crippen molar-refractivity contribution in [2.24, 2.45) is 0 Å². The Morgan fingerprint density at radius 1 is 1.26 bits per heavy atom. The van der Waals surface area contributed by atoms with E-state index in [1.54, 1.807) is 24.3 Å². The lowest BCUT2D eigenvalue weighted by Crippen LogP contribution is -2.20. The number of rotatable bonds is 6. The van der Waals surface area contributed by atoms with E-state index in [0.717, 1.165) is 18.2 Å². The number of hydrogen-bond donors (Lipinski definition) is 1. The summed E-state index contributed by atoms with van der Waals surface area (Å²) in [6, 6.07) is 9.48. The molecule has 0 aliphatic carbocycles. The Kier molecular flexibility index (Phi) is 5.08. The number of amides is 1. The Morgan fingerprint density at radius 3 is 2.70 bits per heavy atom. The average Bonchev–Trinajstić information content (AvgIpc) is 2.55. The predicted molar refractivity (Wildman–Crippen MR) is 80.2 cm³/mol. The van der Waals surface area contributed by atoms with Crippen molar-refractivity contribution in [2.45, 2.75) is 0 Å². The fourth-order valence-corrected chi connectivity index (χ4v) is 1.75. The van der Waals surface area contributed by atoms with Crippen LogP contribution in [0, 0.1) is 15.9 Å². The quantitative estimate of drug-likeness (QED) is 0.653. The molecule has 1 amide bonds. The molecule has 0 aliphatic rings. The van der Waals surface area contributed by atoms with E-state index in [-0.39, 0.29) is 18.0 Å². The summed E-state index contributed by atoms with van der Waals surface area (Å²) >= 11 is 0. The monoisotopic (exact) mass is 320 g/mol. The molecule has 2 rings (SSSR count). The van der Waals surface area contributed by atoms with Crippen molar-refractivity contribution >= 4 is 17.3 Å². The van der Waals surface area contributed by atoms with Gasteiger partial charge in [0.25, 0.3) is 11.6 Å². The van der Waals surface area contributed by atoms with Crippen molar-refractivity contribution in [3.05, 3.63) is 58.4 Å². The lowest BCUT2D eigenvalue weighted by atomic mass is 10.2. The fraction of sp³-hybridized carbons (Fsp3) is 0.133. The zero-order chi connectivity index (χ0) is 16.8. The van der Waals surface area contributed by atoms with E-state index in [9.17, 15) is 19.3 Å². The van der Waals surface area contributed by atoms with Gasteiger partial charge in [-0.15, -0.1) is 0 Å². The molecule has 0 bridgehead atoms. The van der Waals surface area contributed by atoms with Crippen molar-refractivity contribution in [2.75, 3.05) is 19.0 Å². The number of nitro benzene ring substituents is 1. The lowest BCUT2D eigenvalue weighted by Gasteiger charge is -2.09. The minimum atomic E-state index is -0.773. The average molecular weight is 320 g/mol. The van der Waals surface area contributed by atoms with Crippen molar-refractivity contribution in [1.82, 2.24) is 0 Å². The molecular weight excluding hydrogens is 307 g/mol. The molecule has 120 valence electrons. The lowest BCUT2D eigenvalue weighted by molar-refractivity contribution is -0.384. The van der Waals surface area contributed by atoms with E-state index in [1.165, 1.54) is 7.11 Å². The van der Waals surface area contributed by atoms with Gasteiger partial charge in [0.1, 0.15) is 17.3 Å². The van der Waals surface area contributed by atoms with E-state index in [4.69, 9.17) is 9.47 Å². The summed E-state index contributed by atoms with van der Waals surface area (Å²) < 4.78 is 23.8. The van der Waals surface area contributed by atoms with Crippen LogP contribution in [0.3, 0.4) is 0 Å². The first-order chi connectivity index (χ1) is 11.0. The molecule has 0 unspecified atom stereocenters. The van der Waals surface area contributed by atoms with E-state index in [2.05, 4.69) is 5.32 Å². The molecule has 2 aromatic rings. The Balaban J connectivity index is 1.99. The van der Waals surface area contributed by atoms with Gasteiger partial charge in [-0.05, 0) is 18.2 Å². The van der Waals surface area contributed by atoms with Gasteiger partial charge in [-0.2, -0.15) is 0 Å². The van der Waals surface area contributed by atoms with Gasteiger partial charge in [-0.25, -0.2) is 4.39 Å². The van der Waals surface area contributed by atoms with Gasteiger partial charge in [-0.3, -0.25) is 14.9 Å². The maximum Gasteiger partial charge on any atom is 0.271 e. The first kappa shape index (κ1) is 16.2. The van der Waals surface area contributed by atoms with Gasteiger partial charge in [0.05, 0.1) is 17.7 Å². The van der Waals surface area contributed by atoms with Crippen LogP contribution < -0.4 is 14.8 Å². The third-order valence-electron chi connectivity index (χ3n) is 2.85. The third kappa shape index (κ3) is 4.40. The number of nitrogens with one attached hydrogen (secondary N) is 1. The summed E-state index contributed by atoms with van der Waals surface area (Å²) in [4.78, 5) is 21.7. The molecule has 7 nitrogen and oxygen atoms in total. The number of anilines is 1. The summed E-state index contributed by atoms with van der Waals surface area (Å²) in [5.41, 5.74) is -0.603. The summed E-state index contributed by atoms with van der Waals surface area (Å²) in [6.45, 7) is -0.380. The van der Waals surface area contributed by atoms with Crippen molar-refractivity contribution in [1.29, 1.82) is 0 Å². The first-order valence-electron chi connectivity index (χ1n) is 6.50. The predicted octanol–water partition coefficient (Wildman–Crippen LogP) is 2.76. The molecule has 0 atom stereocenters. The molecule has 1 N–H and O–H groups in total. The van der Waals surface area contributed by atoms with E-state index in [1.807, 2.05) is 0 Å². The maximum atomic E-state index is 13.6. The number of benzene rings is 2. The second-order valence-corrected chi connectivity index (χ2v) is 4.44. The smallest absolute Gasteiger partial charge is 0.271 e. The van der Waals surface area contributed by atoms with Gasteiger partial charge >= 0.3 is 0 Å². The van der Waals surface area contributed by atoms with Gasteiger partial charge in [0, 0.05) is 18.2 Å². The van der Waals surface area contributed by atoms with E-state index in [0.29, 0.717) is 11.5 Å². The zero-order valence-corrected chi connectivity index (χ0v) is 12.1. The minimum Gasteiger partial charge on any atom is -0.497 e. The highest BCUT2D eigenvalue weighted by Gasteiger charge is 2.13. The Morgan fingerprint density at radius 2 is 2.00 bits per heavy atom. The Bertz CT molecular complexity index is 736. The highest BCUT2D eigenvalue weighted by Crippen LogP contribution is 2.22. The first-order valence-corrected chi connectivity index (χ1v) is 6.50. The second-order valence-electron chi connectivity index (χ2n) is 4.44. The largest absolute Gasteiger partial charge is 0.497 e. The molecule has 0 radical (unpaired) electrons. The molecule has 23 heavy (non-hydrogen) atoms. The number of nitrogens with zero attached hydrogens (tertiary/aromatic N) is 1. The Hall–Kier alpha value is -3.16. The number of non-ortho nitro benzene ring substituents is 1. The molecule has 0 saturated heterocycles. The standard InChI is InChI=1S/C15H13FN2O5/c1-22-11-3-2-4-12(8-11)23-9-15(19)17-14-7-10(18(20)21)5-6-13(14)16/h2-8H,9H2,1H3,(H,17,19). The minimum absolute atomic E-state index is 0.279. The summed E-state index contributed by atoms with van der Waals surface area (Å²) in [6.07, 6.45) is 0. The normalized spacial score (nSPS) is 10.0. The van der Waals surface area contributed by atoms with Crippen LogP contribution in [-0.4, -0.2) is 24.5 Å². The van der Waals surface area contributed by atoms with Gasteiger partial charge in [-0.1, -0.05) is 6.07 Å². The summed E-state index contributed by atoms with van der Waals surface area (Å²) in [5, 5.41) is 12.9. The van der Waals surface area contributed by atoms with Crippen LogP contribution >= 0.6 is 0 Å².